The van der Waals surface area contributed by atoms with Crippen molar-refractivity contribution in [1.82, 2.24) is 14.5 Å². The predicted molar refractivity (Wildman–Crippen MR) is 97.6 cm³/mol. The molecule has 0 spiro atoms. The van der Waals surface area contributed by atoms with E-state index in [1.165, 1.54) is 23.8 Å². The van der Waals surface area contributed by atoms with Crippen LogP contribution in [0.3, 0.4) is 0 Å². The molecule has 0 radical (unpaired) electrons. The second-order valence-corrected chi connectivity index (χ2v) is 6.94. The number of hydrogen-bond acceptors (Lipinski definition) is 3. The molecule has 1 aromatic heterocycles. The van der Waals surface area contributed by atoms with Crippen molar-refractivity contribution in [3.05, 3.63) is 34.7 Å². The molecule has 1 N–H and O–H groups in total. The third-order valence-electron chi connectivity index (χ3n) is 5.14. The smallest absolute Gasteiger partial charge is 0.329 e. The number of aryl methyl sites for hydroxylation is 1. The Kier molecular flexibility index (Phi) is 5.58. The number of ether oxygens (including phenoxy) is 1. The van der Waals surface area contributed by atoms with Crippen LogP contribution in [0.1, 0.15) is 32.6 Å². The van der Waals surface area contributed by atoms with Gasteiger partial charge < -0.3 is 10.1 Å². The number of fused-ring (bicyclic) bond motifs is 1. The molecular weight excluding hydrogens is 318 g/mol. The van der Waals surface area contributed by atoms with E-state index in [0.29, 0.717) is 25.2 Å². The quantitative estimate of drug-likeness (QED) is 0.815. The fraction of sp³-hybridized carbons (Fsp3) is 0.579. The van der Waals surface area contributed by atoms with E-state index < -0.39 is 0 Å². The fourth-order valence-corrected chi connectivity index (χ4v) is 3.65. The zero-order chi connectivity index (χ0) is 17.8. The van der Waals surface area contributed by atoms with Gasteiger partial charge in [0.25, 0.3) is 0 Å². The zero-order valence-electron chi connectivity index (χ0n) is 15.0. The fourth-order valence-electron chi connectivity index (χ4n) is 3.65. The van der Waals surface area contributed by atoms with Crippen molar-refractivity contribution in [2.45, 2.75) is 45.3 Å². The number of amides is 1. The van der Waals surface area contributed by atoms with Gasteiger partial charge in [-0.3, -0.25) is 13.9 Å². The van der Waals surface area contributed by atoms with Crippen LogP contribution in [0.2, 0.25) is 0 Å². The van der Waals surface area contributed by atoms with Crippen molar-refractivity contribution >= 4 is 16.9 Å². The molecule has 6 heteroatoms. The Morgan fingerprint density at radius 2 is 1.96 bits per heavy atom. The van der Waals surface area contributed by atoms with E-state index in [1.54, 1.807) is 11.6 Å². The lowest BCUT2D eigenvalue weighted by atomic mass is 9.88. The molecular formula is C19H27N3O3. The average Bonchev–Trinajstić information content (AvgIpc) is 2.85. The number of aromatic nitrogens is 2. The molecule has 1 aromatic carbocycles. The van der Waals surface area contributed by atoms with Crippen LogP contribution in [0.4, 0.5) is 0 Å². The lowest BCUT2D eigenvalue weighted by Gasteiger charge is -2.28. The van der Waals surface area contributed by atoms with Crippen molar-refractivity contribution in [2.24, 2.45) is 13.0 Å². The maximum absolute atomic E-state index is 12.3. The number of carbonyl (C=O) groups excluding carboxylic acids is 1. The molecule has 0 bridgehead atoms. The number of benzene rings is 1. The van der Waals surface area contributed by atoms with Crippen LogP contribution in [0, 0.1) is 5.92 Å². The number of para-hydroxylation sites is 2. The molecule has 136 valence electrons. The lowest BCUT2D eigenvalue weighted by Crippen LogP contribution is -2.35. The minimum atomic E-state index is -0.177. The molecule has 1 fully saturated rings. The van der Waals surface area contributed by atoms with Gasteiger partial charge in [0.15, 0.2) is 0 Å². The summed E-state index contributed by atoms with van der Waals surface area (Å²) >= 11 is 0. The number of carbonyl (C=O) groups is 1. The van der Waals surface area contributed by atoms with Crippen LogP contribution in [-0.4, -0.2) is 34.3 Å². The summed E-state index contributed by atoms with van der Waals surface area (Å²) in [6, 6.07) is 7.49. The summed E-state index contributed by atoms with van der Waals surface area (Å²) in [4.78, 5) is 24.5. The molecule has 0 saturated heterocycles. The first-order chi connectivity index (χ1) is 12.1. The standard InChI is InChI=1S/C19H27N3O3/c1-14-7-3-6-10-17(14)25-12-11-20-18(23)13-22-16-9-5-4-8-15(16)21(2)19(22)24/h4-5,8-9,14,17H,3,6-7,10-13H2,1-2H3,(H,20,23)/t14-,17-/m1/s1. The number of hydrogen-bond donors (Lipinski definition) is 1. The molecule has 1 aliphatic carbocycles. The predicted octanol–water partition coefficient (Wildman–Crippen LogP) is 2.05. The molecule has 1 saturated carbocycles. The molecule has 1 heterocycles. The van der Waals surface area contributed by atoms with Crippen LogP contribution in [0.25, 0.3) is 11.0 Å². The number of imidazole rings is 1. The van der Waals surface area contributed by atoms with Crippen molar-refractivity contribution in [2.75, 3.05) is 13.2 Å². The van der Waals surface area contributed by atoms with Gasteiger partial charge in [-0.25, -0.2) is 4.79 Å². The van der Waals surface area contributed by atoms with Crippen LogP contribution in [0.15, 0.2) is 29.1 Å². The summed E-state index contributed by atoms with van der Waals surface area (Å²) in [5.41, 5.74) is 1.43. The molecule has 2 atom stereocenters. The second-order valence-electron chi connectivity index (χ2n) is 6.94. The van der Waals surface area contributed by atoms with Gasteiger partial charge in [-0.2, -0.15) is 0 Å². The van der Waals surface area contributed by atoms with E-state index in [1.807, 2.05) is 24.3 Å². The van der Waals surface area contributed by atoms with Crippen LogP contribution < -0.4 is 11.0 Å². The molecule has 3 rings (SSSR count). The Labute approximate surface area is 147 Å². The van der Waals surface area contributed by atoms with Gasteiger partial charge in [0, 0.05) is 13.6 Å². The molecule has 1 aliphatic rings. The van der Waals surface area contributed by atoms with Crippen molar-refractivity contribution in [1.29, 1.82) is 0 Å². The highest BCUT2D eigenvalue weighted by Gasteiger charge is 2.21. The maximum atomic E-state index is 12.3. The summed E-state index contributed by atoms with van der Waals surface area (Å²) in [5, 5.41) is 2.85. The molecule has 2 aromatic rings. The Morgan fingerprint density at radius 3 is 2.72 bits per heavy atom. The van der Waals surface area contributed by atoms with Gasteiger partial charge in [0.2, 0.25) is 5.91 Å². The van der Waals surface area contributed by atoms with E-state index in [9.17, 15) is 9.59 Å². The monoisotopic (exact) mass is 345 g/mol. The minimum absolute atomic E-state index is 0.0278. The summed E-state index contributed by atoms with van der Waals surface area (Å²) in [6.45, 7) is 3.25. The van der Waals surface area contributed by atoms with Crippen molar-refractivity contribution in [3.63, 3.8) is 0 Å². The SMILES string of the molecule is C[C@@H]1CCCC[C@H]1OCCNC(=O)Cn1c(=O)n(C)c2ccccc21. The summed E-state index contributed by atoms with van der Waals surface area (Å²) in [6.07, 6.45) is 5.16. The Morgan fingerprint density at radius 1 is 1.24 bits per heavy atom. The summed E-state index contributed by atoms with van der Waals surface area (Å²) < 4.78 is 8.98. The van der Waals surface area contributed by atoms with E-state index in [0.717, 1.165) is 17.5 Å². The highest BCUT2D eigenvalue weighted by Crippen LogP contribution is 2.25. The first-order valence-corrected chi connectivity index (χ1v) is 9.10. The van der Waals surface area contributed by atoms with E-state index in [4.69, 9.17) is 4.74 Å². The highest BCUT2D eigenvalue weighted by atomic mass is 16.5. The normalized spacial score (nSPS) is 20.7. The minimum Gasteiger partial charge on any atom is -0.376 e. The van der Waals surface area contributed by atoms with E-state index in [2.05, 4.69) is 12.2 Å². The van der Waals surface area contributed by atoms with Gasteiger partial charge in [0.1, 0.15) is 6.54 Å². The third kappa shape index (κ3) is 3.95. The Bertz CT molecular complexity index is 793. The molecule has 0 aliphatic heterocycles. The van der Waals surface area contributed by atoms with E-state index in [-0.39, 0.29) is 18.1 Å². The summed E-state index contributed by atoms with van der Waals surface area (Å²) in [5.74, 6) is 0.428. The molecule has 1 amide bonds. The van der Waals surface area contributed by atoms with Gasteiger partial charge in [0.05, 0.1) is 23.7 Å². The first kappa shape index (κ1) is 17.7. The zero-order valence-corrected chi connectivity index (χ0v) is 15.0. The largest absolute Gasteiger partial charge is 0.376 e. The van der Waals surface area contributed by atoms with Gasteiger partial charge in [-0.1, -0.05) is 31.9 Å². The first-order valence-electron chi connectivity index (χ1n) is 9.10. The van der Waals surface area contributed by atoms with Crippen LogP contribution >= 0.6 is 0 Å². The highest BCUT2D eigenvalue weighted by molar-refractivity contribution is 5.80. The molecule has 6 nitrogen and oxygen atoms in total. The lowest BCUT2D eigenvalue weighted by molar-refractivity contribution is -0.122. The number of rotatable bonds is 6. The second kappa shape index (κ2) is 7.87. The number of nitrogens with zero attached hydrogens (tertiary/aromatic N) is 2. The van der Waals surface area contributed by atoms with Crippen LogP contribution in [0.5, 0.6) is 0 Å². The molecule has 0 unspecified atom stereocenters. The molecule has 25 heavy (non-hydrogen) atoms. The number of nitrogens with one attached hydrogen (secondary N) is 1. The Balaban J connectivity index is 1.52. The maximum Gasteiger partial charge on any atom is 0.329 e. The van der Waals surface area contributed by atoms with E-state index >= 15 is 0 Å². The van der Waals surface area contributed by atoms with Gasteiger partial charge >= 0.3 is 5.69 Å². The van der Waals surface area contributed by atoms with Crippen molar-refractivity contribution in [3.8, 4) is 0 Å². The van der Waals surface area contributed by atoms with Gasteiger partial charge in [-0.05, 0) is 30.9 Å². The van der Waals surface area contributed by atoms with Crippen molar-refractivity contribution < 1.29 is 9.53 Å². The topological polar surface area (TPSA) is 65.3 Å². The van der Waals surface area contributed by atoms with Gasteiger partial charge in [-0.15, -0.1) is 0 Å². The van der Waals surface area contributed by atoms with Crippen LogP contribution in [-0.2, 0) is 23.1 Å². The summed E-state index contributed by atoms with van der Waals surface area (Å²) in [7, 11) is 1.72. The average molecular weight is 345 g/mol. The Hall–Kier alpha value is -2.08. The third-order valence-corrected chi connectivity index (χ3v) is 5.14.